The molecule has 138 valence electrons. The summed E-state index contributed by atoms with van der Waals surface area (Å²) in [5, 5.41) is 13.5. The summed E-state index contributed by atoms with van der Waals surface area (Å²) < 4.78 is 16.0. The zero-order chi connectivity index (χ0) is 19.6. The van der Waals surface area contributed by atoms with Crippen LogP contribution in [-0.4, -0.2) is 15.9 Å². The van der Waals surface area contributed by atoms with Crippen LogP contribution in [0.4, 0.5) is 4.39 Å². The van der Waals surface area contributed by atoms with Gasteiger partial charge >= 0.3 is 0 Å². The van der Waals surface area contributed by atoms with Gasteiger partial charge in [-0.05, 0) is 61.4 Å². The van der Waals surface area contributed by atoms with Crippen molar-refractivity contribution < 1.29 is 9.60 Å². The minimum Gasteiger partial charge on any atom is -0.411 e. The number of rotatable bonds is 4. The molecule has 2 aromatic carbocycles. The van der Waals surface area contributed by atoms with Crippen molar-refractivity contribution in [1.29, 1.82) is 0 Å². The summed E-state index contributed by atoms with van der Waals surface area (Å²) >= 11 is 9.42. The van der Waals surface area contributed by atoms with Crippen LogP contribution in [0.25, 0.3) is 0 Å². The zero-order valence-electron chi connectivity index (χ0n) is 14.7. The van der Waals surface area contributed by atoms with Gasteiger partial charge in [-0.3, -0.25) is 4.98 Å². The van der Waals surface area contributed by atoms with Crippen LogP contribution < -0.4 is 0 Å². The highest BCUT2D eigenvalue weighted by atomic mass is 79.9. The van der Waals surface area contributed by atoms with Gasteiger partial charge < -0.3 is 5.21 Å². The lowest BCUT2D eigenvalue weighted by Crippen LogP contribution is -2.38. The van der Waals surface area contributed by atoms with Gasteiger partial charge in [0.1, 0.15) is 5.82 Å². The lowest BCUT2D eigenvalue weighted by atomic mass is 9.66. The van der Waals surface area contributed by atoms with Crippen LogP contribution in [0.15, 0.2) is 70.4 Å². The summed E-state index contributed by atoms with van der Waals surface area (Å²) in [4.78, 5) is 4.25. The van der Waals surface area contributed by atoms with E-state index in [2.05, 4.69) is 26.1 Å². The van der Waals surface area contributed by atoms with Crippen molar-refractivity contribution in [2.75, 3.05) is 0 Å². The van der Waals surface area contributed by atoms with E-state index in [1.54, 1.807) is 31.3 Å². The summed E-state index contributed by atoms with van der Waals surface area (Å²) in [5.74, 6) is -0.483. The number of nitrogens with zero attached hydrogens (tertiary/aromatic N) is 2. The van der Waals surface area contributed by atoms with Crippen LogP contribution in [0.5, 0.6) is 0 Å². The fourth-order valence-corrected chi connectivity index (χ4v) is 3.86. The molecule has 0 aliphatic carbocycles. The zero-order valence-corrected chi connectivity index (χ0v) is 17.1. The molecule has 1 N–H and O–H groups in total. The van der Waals surface area contributed by atoms with Crippen LogP contribution in [0.1, 0.15) is 29.3 Å². The molecule has 3 rings (SSSR count). The van der Waals surface area contributed by atoms with Gasteiger partial charge in [0, 0.05) is 26.9 Å². The number of pyridine rings is 1. The maximum atomic E-state index is 15.1. The molecule has 0 radical (unpaired) electrons. The van der Waals surface area contributed by atoms with E-state index in [4.69, 9.17) is 11.6 Å². The van der Waals surface area contributed by atoms with Gasteiger partial charge in [0.25, 0.3) is 0 Å². The van der Waals surface area contributed by atoms with E-state index in [0.717, 1.165) is 21.3 Å². The van der Waals surface area contributed by atoms with Gasteiger partial charge in [-0.2, -0.15) is 0 Å². The van der Waals surface area contributed by atoms with Gasteiger partial charge in [0.15, 0.2) is 0 Å². The molecule has 0 aliphatic rings. The summed E-state index contributed by atoms with van der Waals surface area (Å²) in [5.41, 5.74) is 1.81. The summed E-state index contributed by atoms with van der Waals surface area (Å²) in [6, 6.07) is 15.7. The first-order valence-corrected chi connectivity index (χ1v) is 9.40. The Bertz CT molecular complexity index is 1010. The van der Waals surface area contributed by atoms with Gasteiger partial charge in [0.2, 0.25) is 0 Å². The third-order valence-corrected chi connectivity index (χ3v) is 5.40. The predicted octanol–water partition coefficient (Wildman–Crippen LogP) is 6.13. The fourth-order valence-electron chi connectivity index (χ4n) is 3.44. The lowest BCUT2D eigenvalue weighted by molar-refractivity contribution is 0.315. The fraction of sp³-hybridized carbons (Fsp3) is 0.143. The van der Waals surface area contributed by atoms with Crippen molar-refractivity contribution in [2.45, 2.75) is 19.3 Å². The molecule has 27 heavy (non-hydrogen) atoms. The molecule has 0 saturated heterocycles. The second kappa shape index (κ2) is 7.79. The van der Waals surface area contributed by atoms with Crippen molar-refractivity contribution in [3.8, 4) is 0 Å². The van der Waals surface area contributed by atoms with E-state index in [9.17, 15) is 5.21 Å². The molecule has 0 fully saturated rings. The molecular formula is C21H17BrClFN2O. The summed E-state index contributed by atoms with van der Waals surface area (Å²) in [6.07, 6.45) is 1.66. The summed E-state index contributed by atoms with van der Waals surface area (Å²) in [6.45, 7) is 3.53. The van der Waals surface area contributed by atoms with Crippen molar-refractivity contribution >= 4 is 33.2 Å². The number of benzene rings is 2. The van der Waals surface area contributed by atoms with Crippen molar-refractivity contribution in [3.05, 3.63) is 98.5 Å². The first-order valence-electron chi connectivity index (χ1n) is 8.23. The van der Waals surface area contributed by atoms with E-state index in [1.165, 1.54) is 6.07 Å². The number of hydrogen-bond donors (Lipinski definition) is 1. The SMILES string of the molecule is CC(=NO)C(c1ccc(Br)cc1)(c1ccnc(C)c1)c1ccc(Cl)cc1F. The van der Waals surface area contributed by atoms with Crippen LogP contribution in [0, 0.1) is 12.7 Å². The number of hydrogen-bond acceptors (Lipinski definition) is 3. The van der Waals surface area contributed by atoms with Crippen LogP contribution in [0.2, 0.25) is 5.02 Å². The highest BCUT2D eigenvalue weighted by Gasteiger charge is 2.42. The van der Waals surface area contributed by atoms with Gasteiger partial charge in [-0.1, -0.05) is 50.9 Å². The second-order valence-electron chi connectivity index (χ2n) is 6.25. The van der Waals surface area contributed by atoms with Gasteiger partial charge in [0.05, 0.1) is 11.1 Å². The predicted molar refractivity (Wildman–Crippen MR) is 109 cm³/mol. The van der Waals surface area contributed by atoms with Gasteiger partial charge in [-0.25, -0.2) is 4.39 Å². The van der Waals surface area contributed by atoms with E-state index in [0.29, 0.717) is 16.3 Å². The smallest absolute Gasteiger partial charge is 0.129 e. The molecule has 6 heteroatoms. The Kier molecular flexibility index (Phi) is 5.63. The highest BCUT2D eigenvalue weighted by molar-refractivity contribution is 9.10. The Balaban J connectivity index is 2.47. The average Bonchev–Trinajstić information content (AvgIpc) is 2.65. The van der Waals surface area contributed by atoms with Gasteiger partial charge in [-0.15, -0.1) is 0 Å². The molecule has 0 saturated carbocycles. The minimum absolute atomic E-state index is 0.297. The van der Waals surface area contributed by atoms with Crippen molar-refractivity contribution in [3.63, 3.8) is 0 Å². The van der Waals surface area contributed by atoms with Crippen LogP contribution >= 0.6 is 27.5 Å². The first kappa shape index (κ1) is 19.5. The number of aryl methyl sites for hydroxylation is 1. The Labute approximate surface area is 170 Å². The highest BCUT2D eigenvalue weighted by Crippen LogP contribution is 2.42. The van der Waals surface area contributed by atoms with Crippen molar-refractivity contribution in [2.24, 2.45) is 5.16 Å². The molecule has 0 bridgehead atoms. The number of aromatic nitrogens is 1. The van der Waals surface area contributed by atoms with Crippen LogP contribution in [-0.2, 0) is 5.41 Å². The molecule has 1 heterocycles. The lowest BCUT2D eigenvalue weighted by Gasteiger charge is -2.35. The quantitative estimate of drug-likeness (QED) is 0.297. The molecule has 0 aliphatic heterocycles. The number of oxime groups is 1. The second-order valence-corrected chi connectivity index (χ2v) is 7.60. The molecule has 1 aromatic heterocycles. The molecular weight excluding hydrogens is 431 g/mol. The maximum Gasteiger partial charge on any atom is 0.129 e. The molecule has 1 unspecified atom stereocenters. The number of halogens is 3. The molecule has 3 aromatic rings. The molecule has 3 nitrogen and oxygen atoms in total. The van der Waals surface area contributed by atoms with Crippen molar-refractivity contribution in [1.82, 2.24) is 4.98 Å². The average molecular weight is 448 g/mol. The monoisotopic (exact) mass is 446 g/mol. The third-order valence-electron chi connectivity index (χ3n) is 4.63. The molecule has 0 amide bonds. The summed E-state index contributed by atoms with van der Waals surface area (Å²) in [7, 11) is 0. The minimum atomic E-state index is -1.14. The maximum absolute atomic E-state index is 15.1. The first-order chi connectivity index (χ1) is 12.9. The Morgan fingerprint density at radius 2 is 1.81 bits per heavy atom. The van der Waals surface area contributed by atoms with Crippen LogP contribution in [0.3, 0.4) is 0 Å². The Hall–Kier alpha value is -2.24. The molecule has 1 atom stereocenters. The normalized spacial score (nSPS) is 14.0. The Morgan fingerprint density at radius 3 is 2.41 bits per heavy atom. The topological polar surface area (TPSA) is 45.5 Å². The largest absolute Gasteiger partial charge is 0.411 e. The van der Waals surface area contributed by atoms with E-state index in [1.807, 2.05) is 37.3 Å². The van der Waals surface area contributed by atoms with E-state index in [-0.39, 0.29) is 0 Å². The standard InChI is InChI=1S/C21H17BrClFN2O/c1-13-11-16(9-10-25-13)21(14(2)26-27,15-3-5-17(22)6-4-15)19-8-7-18(23)12-20(19)24/h3-12,27H,1-2H3. The molecule has 0 spiro atoms. The third kappa shape index (κ3) is 3.49. The van der Waals surface area contributed by atoms with E-state index >= 15 is 4.39 Å². The Morgan fingerprint density at radius 1 is 1.11 bits per heavy atom. The van der Waals surface area contributed by atoms with E-state index < -0.39 is 11.2 Å².